The molecule has 264 valence electrons. The SMILES string of the molecule is CCCCn1cc(-c2ccc3c(c2)CC[C@@H]([C@@](C)(O/N=C(\C(=O)N[C@@H]2C(=O)N(OS(=O)(=O)O)C2(C)C)c2csc(N)n2)C(=O)O)O3)c[n+]1C. The largest absolute Gasteiger partial charge is 0.485 e. The number of unbranched alkanes of at least 4 members (excludes halogenated alkanes) is 1. The van der Waals surface area contributed by atoms with E-state index in [2.05, 4.69) is 37.5 Å². The summed E-state index contributed by atoms with van der Waals surface area (Å²) in [7, 11) is -3.03. The molecular weight excluding hydrogens is 683 g/mol. The minimum absolute atomic E-state index is 0.0669. The molecule has 0 saturated carbocycles. The van der Waals surface area contributed by atoms with Crippen LogP contribution in [0.25, 0.3) is 11.1 Å². The molecule has 1 fully saturated rings. The number of oxime groups is 1. The number of β-lactam (4-membered cyclic amide) rings is 1. The maximum absolute atomic E-state index is 13.5. The van der Waals surface area contributed by atoms with Gasteiger partial charge in [-0.25, -0.2) is 9.78 Å². The fraction of sp³-hybridized carbons (Fsp3) is 0.467. The van der Waals surface area contributed by atoms with Crippen LogP contribution in [-0.2, 0) is 53.9 Å². The number of hydrogen-bond donors (Lipinski definition) is 4. The number of fused-ring (bicyclic) bond motifs is 1. The summed E-state index contributed by atoms with van der Waals surface area (Å²) in [5.74, 6) is -2.91. The fourth-order valence-electron chi connectivity index (χ4n) is 5.60. The number of hydroxylamine groups is 2. The summed E-state index contributed by atoms with van der Waals surface area (Å²) in [4.78, 5) is 48.4. The number of thiazole rings is 1. The van der Waals surface area contributed by atoms with E-state index in [9.17, 15) is 27.9 Å². The Morgan fingerprint density at radius 3 is 2.67 bits per heavy atom. The number of nitrogens with one attached hydrogen (secondary N) is 1. The molecule has 4 heterocycles. The number of carbonyl (C=O) groups excluding carboxylic acids is 2. The van der Waals surface area contributed by atoms with E-state index in [1.54, 1.807) is 6.07 Å². The van der Waals surface area contributed by atoms with Crippen molar-refractivity contribution in [3.05, 3.63) is 47.2 Å². The van der Waals surface area contributed by atoms with Gasteiger partial charge in [0.15, 0.2) is 24.0 Å². The maximum Gasteiger partial charge on any atom is 0.418 e. The Labute approximate surface area is 286 Å². The van der Waals surface area contributed by atoms with E-state index in [0.717, 1.165) is 47.4 Å². The third-order valence-electron chi connectivity index (χ3n) is 8.57. The van der Waals surface area contributed by atoms with Crippen LogP contribution >= 0.6 is 11.3 Å². The van der Waals surface area contributed by atoms with Crippen LogP contribution in [0.15, 0.2) is 41.1 Å². The highest BCUT2D eigenvalue weighted by atomic mass is 32.3. The van der Waals surface area contributed by atoms with Gasteiger partial charge in [-0.05, 0) is 63.3 Å². The Morgan fingerprint density at radius 2 is 2.06 bits per heavy atom. The number of hydrogen-bond acceptors (Lipinski definition) is 12. The van der Waals surface area contributed by atoms with Crippen LogP contribution in [0.1, 0.15) is 58.2 Å². The van der Waals surface area contributed by atoms with Gasteiger partial charge in [-0.1, -0.05) is 24.6 Å². The summed E-state index contributed by atoms with van der Waals surface area (Å²) in [6.45, 7) is 7.08. The average Bonchev–Trinajstić information content (AvgIpc) is 3.64. The molecule has 0 bridgehead atoms. The van der Waals surface area contributed by atoms with Crippen LogP contribution in [-0.4, -0.2) is 79.6 Å². The minimum Gasteiger partial charge on any atom is -0.485 e. The third kappa shape index (κ3) is 7.24. The highest BCUT2D eigenvalue weighted by molar-refractivity contribution is 7.80. The predicted molar refractivity (Wildman–Crippen MR) is 174 cm³/mol. The number of aliphatic carboxylic acids is 1. The Hall–Kier alpha value is -4.59. The molecule has 0 radical (unpaired) electrons. The van der Waals surface area contributed by atoms with Gasteiger partial charge in [0.05, 0.1) is 23.8 Å². The Kier molecular flexibility index (Phi) is 9.75. The predicted octanol–water partition coefficient (Wildman–Crippen LogP) is 1.62. The van der Waals surface area contributed by atoms with Crippen molar-refractivity contribution in [2.75, 3.05) is 5.73 Å². The molecule has 17 nitrogen and oxygen atoms in total. The van der Waals surface area contributed by atoms with Gasteiger partial charge < -0.3 is 25.7 Å². The van der Waals surface area contributed by atoms with E-state index in [1.807, 2.05) is 30.1 Å². The fourth-order valence-corrected chi connectivity index (χ4v) is 6.61. The zero-order valence-corrected chi connectivity index (χ0v) is 29.1. The monoisotopic (exact) mass is 720 g/mol. The molecular formula is C30H38N7O10S2+. The Morgan fingerprint density at radius 1 is 1.33 bits per heavy atom. The van der Waals surface area contributed by atoms with E-state index in [0.29, 0.717) is 17.2 Å². The summed E-state index contributed by atoms with van der Waals surface area (Å²) in [6, 6.07) is 4.38. The number of nitrogens with two attached hydrogens (primary N) is 1. The molecule has 2 aliphatic rings. The first-order chi connectivity index (χ1) is 22.9. The zero-order chi connectivity index (χ0) is 35.9. The molecule has 2 aliphatic heterocycles. The summed E-state index contributed by atoms with van der Waals surface area (Å²) >= 11 is 0.978. The van der Waals surface area contributed by atoms with Crippen molar-refractivity contribution in [3.63, 3.8) is 0 Å². The van der Waals surface area contributed by atoms with Crippen molar-refractivity contribution < 1.29 is 51.0 Å². The van der Waals surface area contributed by atoms with Crippen LogP contribution in [0.3, 0.4) is 0 Å². The number of nitrogens with zero attached hydrogens (tertiary/aromatic N) is 5. The Balaban J connectivity index is 1.36. The highest BCUT2D eigenvalue weighted by Gasteiger charge is 2.58. The second-order valence-electron chi connectivity index (χ2n) is 12.5. The molecule has 1 aromatic carbocycles. The van der Waals surface area contributed by atoms with Crippen LogP contribution in [0.5, 0.6) is 5.75 Å². The molecule has 1 saturated heterocycles. The molecule has 0 spiro atoms. The summed E-state index contributed by atoms with van der Waals surface area (Å²) in [5, 5.41) is 18.5. The lowest BCUT2D eigenvalue weighted by Gasteiger charge is -2.50. The summed E-state index contributed by atoms with van der Waals surface area (Å²) in [6.07, 6.45) is 5.98. The normalized spacial score (nSPS) is 20.1. The van der Waals surface area contributed by atoms with Crippen molar-refractivity contribution in [2.45, 2.75) is 83.2 Å². The lowest BCUT2D eigenvalue weighted by Crippen LogP contribution is -2.76. The van der Waals surface area contributed by atoms with Crippen LogP contribution in [0.4, 0.5) is 5.13 Å². The number of aromatic nitrogens is 3. The standard InChI is InChI=1S/C30H37N7O10S2/c1-6-7-12-36-15-19(14-35(36)5)17-8-10-21-18(13-17)9-11-22(45-21)30(4,27(40)41)46-34-23(20-16-48-28(31)32-20)25(38)33-24-26(39)37(29(24,2)3)47-49(42,43)44/h8,10,13-16,22,24H,6-7,9,11-12H2,1-5H3,(H4-,31,32,33,38,40,41,42,43,44)/p+1/b34-23-/t22-,24+,30+/m0/s1. The number of anilines is 1. The number of aryl methyl sites for hydroxylation is 3. The first-order valence-corrected chi connectivity index (χ1v) is 17.6. The second-order valence-corrected chi connectivity index (χ2v) is 14.4. The van der Waals surface area contributed by atoms with Crippen molar-refractivity contribution in [1.29, 1.82) is 0 Å². The molecule has 2 amide bonds. The molecule has 0 aliphatic carbocycles. The number of carboxylic acid groups (broad SMARTS) is 1. The average molecular weight is 721 g/mol. The van der Waals surface area contributed by atoms with Gasteiger partial charge in [-0.2, -0.15) is 18.2 Å². The highest BCUT2D eigenvalue weighted by Crippen LogP contribution is 2.37. The quantitative estimate of drug-likeness (QED) is 0.0649. The molecule has 0 unspecified atom stereocenters. The second kappa shape index (κ2) is 13.4. The van der Waals surface area contributed by atoms with E-state index in [4.69, 9.17) is 19.9 Å². The van der Waals surface area contributed by atoms with Crippen molar-refractivity contribution in [3.8, 4) is 16.9 Å². The number of amides is 2. The zero-order valence-electron chi connectivity index (χ0n) is 27.4. The van der Waals surface area contributed by atoms with Crippen molar-refractivity contribution in [2.24, 2.45) is 12.2 Å². The third-order valence-corrected chi connectivity index (χ3v) is 9.58. The smallest absolute Gasteiger partial charge is 0.418 e. The van der Waals surface area contributed by atoms with Crippen molar-refractivity contribution in [1.82, 2.24) is 20.0 Å². The maximum atomic E-state index is 13.5. The van der Waals surface area contributed by atoms with Crippen LogP contribution in [0, 0.1) is 0 Å². The van der Waals surface area contributed by atoms with Gasteiger partial charge in [-0.15, -0.1) is 20.3 Å². The van der Waals surface area contributed by atoms with Crippen LogP contribution < -0.4 is 20.5 Å². The van der Waals surface area contributed by atoms with E-state index in [-0.39, 0.29) is 17.2 Å². The van der Waals surface area contributed by atoms with Crippen LogP contribution in [0.2, 0.25) is 0 Å². The van der Waals surface area contributed by atoms with Crippen molar-refractivity contribution >= 4 is 50.4 Å². The number of ether oxygens (including phenoxy) is 1. The lowest BCUT2D eigenvalue weighted by molar-refractivity contribution is -0.753. The molecule has 19 heteroatoms. The molecule has 3 aromatic rings. The summed E-state index contributed by atoms with van der Waals surface area (Å²) < 4.78 is 46.0. The number of nitrogen functional groups attached to an aromatic ring is 1. The first-order valence-electron chi connectivity index (χ1n) is 15.3. The Bertz CT molecular complexity index is 1920. The number of rotatable bonds is 13. The van der Waals surface area contributed by atoms with Gasteiger partial charge in [0.1, 0.15) is 17.5 Å². The van der Waals surface area contributed by atoms with E-state index >= 15 is 0 Å². The minimum atomic E-state index is -5.02. The summed E-state index contributed by atoms with van der Waals surface area (Å²) in [5.41, 5.74) is 4.62. The van der Waals surface area contributed by atoms with Gasteiger partial charge in [-0.3, -0.25) is 14.1 Å². The number of carbonyl (C=O) groups is 3. The molecule has 5 rings (SSSR count). The van der Waals surface area contributed by atoms with E-state index in [1.165, 1.54) is 26.2 Å². The van der Waals surface area contributed by atoms with Gasteiger partial charge in [0.25, 0.3) is 17.4 Å². The number of carboxylic acids is 1. The molecule has 5 N–H and O–H groups in total. The van der Waals surface area contributed by atoms with E-state index < -0.39 is 57.2 Å². The first kappa shape index (κ1) is 35.7. The van der Waals surface area contributed by atoms with Gasteiger partial charge in [0.2, 0.25) is 6.20 Å². The molecule has 2 aromatic heterocycles. The lowest BCUT2D eigenvalue weighted by atomic mass is 9.84. The number of benzene rings is 1. The molecule has 49 heavy (non-hydrogen) atoms. The van der Waals surface area contributed by atoms with Gasteiger partial charge >= 0.3 is 16.4 Å². The molecule has 3 atom stereocenters. The van der Waals surface area contributed by atoms with Gasteiger partial charge in [0, 0.05) is 5.38 Å². The topological polar surface area (TPSA) is 229 Å².